The second kappa shape index (κ2) is 7.81. The van der Waals surface area contributed by atoms with Gasteiger partial charge in [-0.1, -0.05) is 12.1 Å². The van der Waals surface area contributed by atoms with E-state index >= 15 is 0 Å². The van der Waals surface area contributed by atoms with Gasteiger partial charge in [0.15, 0.2) is 17.6 Å². The molecule has 2 aliphatic heterocycles. The number of fused-ring (bicyclic) bond motifs is 1. The molecule has 2 unspecified atom stereocenters. The first-order valence-electron chi connectivity index (χ1n) is 8.29. The Morgan fingerprint density at radius 2 is 1.95 bits per heavy atom. The van der Waals surface area contributed by atoms with Gasteiger partial charge in [0.05, 0.1) is 26.3 Å². The summed E-state index contributed by atoms with van der Waals surface area (Å²) in [5.74, 6) is 1.55. The summed E-state index contributed by atoms with van der Waals surface area (Å²) in [6.07, 6.45) is 3.37. The van der Waals surface area contributed by atoms with Gasteiger partial charge in [0, 0.05) is 0 Å². The van der Waals surface area contributed by atoms with Crippen molar-refractivity contribution < 1.29 is 24.2 Å². The van der Waals surface area contributed by atoms with E-state index in [1.807, 2.05) is 24.3 Å². The Hall–Kier alpha value is -1.30. The fourth-order valence-corrected chi connectivity index (χ4v) is 3.13. The molecule has 3 rings (SSSR count). The number of quaternary nitrogens is 1. The van der Waals surface area contributed by atoms with Crippen LogP contribution in [-0.4, -0.2) is 56.8 Å². The molecule has 0 amide bonds. The van der Waals surface area contributed by atoms with Crippen molar-refractivity contribution in [2.45, 2.75) is 31.5 Å². The highest BCUT2D eigenvalue weighted by molar-refractivity contribution is 5.40. The van der Waals surface area contributed by atoms with Crippen LogP contribution in [0.4, 0.5) is 0 Å². The van der Waals surface area contributed by atoms with Crippen LogP contribution in [0.1, 0.15) is 19.3 Å². The van der Waals surface area contributed by atoms with E-state index in [4.69, 9.17) is 14.2 Å². The number of rotatable bonds is 6. The molecule has 0 radical (unpaired) electrons. The third-order valence-corrected chi connectivity index (χ3v) is 4.27. The first-order valence-corrected chi connectivity index (χ1v) is 8.29. The summed E-state index contributed by atoms with van der Waals surface area (Å²) in [6.45, 7) is 4.43. The standard InChI is InChI=1S/C17H25NO4/c19-14(10-18-8-4-1-5-9-18)11-20-12-15-13-21-16-6-2-3-7-17(16)22-15/h2-3,6-7,14-15,19H,1,4-5,8-13H2/p+1. The van der Waals surface area contributed by atoms with E-state index in [2.05, 4.69) is 0 Å². The van der Waals surface area contributed by atoms with Gasteiger partial charge >= 0.3 is 0 Å². The summed E-state index contributed by atoms with van der Waals surface area (Å²) >= 11 is 0. The lowest BCUT2D eigenvalue weighted by Crippen LogP contribution is -3.14. The highest BCUT2D eigenvalue weighted by Gasteiger charge is 2.22. The Labute approximate surface area is 131 Å². The molecule has 22 heavy (non-hydrogen) atoms. The maximum absolute atomic E-state index is 10.1. The van der Waals surface area contributed by atoms with Crippen LogP contribution >= 0.6 is 0 Å². The topological polar surface area (TPSA) is 52.4 Å². The van der Waals surface area contributed by atoms with Gasteiger partial charge in [-0.3, -0.25) is 0 Å². The predicted octanol–water partition coefficient (Wildman–Crippen LogP) is 0.273. The number of benzene rings is 1. The van der Waals surface area contributed by atoms with E-state index in [1.165, 1.54) is 37.3 Å². The fraction of sp³-hybridized carbons (Fsp3) is 0.647. The monoisotopic (exact) mass is 308 g/mol. The van der Waals surface area contributed by atoms with Crippen molar-refractivity contribution in [1.82, 2.24) is 0 Å². The van der Waals surface area contributed by atoms with E-state index in [0.717, 1.165) is 18.0 Å². The van der Waals surface area contributed by atoms with Crippen LogP contribution in [-0.2, 0) is 4.74 Å². The zero-order valence-corrected chi connectivity index (χ0v) is 13.0. The van der Waals surface area contributed by atoms with E-state index in [1.54, 1.807) is 0 Å². The van der Waals surface area contributed by atoms with E-state index in [9.17, 15) is 5.11 Å². The smallest absolute Gasteiger partial charge is 0.161 e. The molecule has 2 heterocycles. The van der Waals surface area contributed by atoms with Crippen LogP contribution in [0.15, 0.2) is 24.3 Å². The van der Waals surface area contributed by atoms with E-state index in [-0.39, 0.29) is 6.10 Å². The Kier molecular flexibility index (Phi) is 5.53. The zero-order valence-electron chi connectivity index (χ0n) is 13.0. The van der Waals surface area contributed by atoms with Gasteiger partial charge in [0.1, 0.15) is 19.3 Å². The molecule has 0 saturated carbocycles. The van der Waals surface area contributed by atoms with Gasteiger partial charge in [-0.15, -0.1) is 0 Å². The van der Waals surface area contributed by atoms with Crippen LogP contribution in [0.25, 0.3) is 0 Å². The van der Waals surface area contributed by atoms with Crippen LogP contribution in [0.3, 0.4) is 0 Å². The summed E-state index contributed by atoms with van der Waals surface area (Å²) in [4.78, 5) is 1.49. The lowest BCUT2D eigenvalue weighted by Gasteiger charge is -2.27. The van der Waals surface area contributed by atoms with Crippen molar-refractivity contribution in [1.29, 1.82) is 0 Å². The molecule has 1 aromatic rings. The van der Waals surface area contributed by atoms with Gasteiger partial charge < -0.3 is 24.2 Å². The summed E-state index contributed by atoms with van der Waals surface area (Å²) in [5.41, 5.74) is 0. The summed E-state index contributed by atoms with van der Waals surface area (Å²) in [6, 6.07) is 7.66. The molecular formula is C17H26NO4+. The average molecular weight is 308 g/mol. The third-order valence-electron chi connectivity index (χ3n) is 4.27. The first-order chi connectivity index (χ1) is 10.8. The lowest BCUT2D eigenvalue weighted by atomic mass is 10.1. The Morgan fingerprint density at radius 3 is 2.77 bits per heavy atom. The molecule has 122 valence electrons. The molecule has 0 spiro atoms. The third kappa shape index (κ3) is 4.35. The van der Waals surface area contributed by atoms with Gasteiger partial charge in [-0.2, -0.15) is 0 Å². The summed E-state index contributed by atoms with van der Waals surface area (Å²) < 4.78 is 17.1. The highest BCUT2D eigenvalue weighted by atomic mass is 16.6. The van der Waals surface area contributed by atoms with Crippen molar-refractivity contribution in [2.75, 3.05) is 39.5 Å². The first kappa shape index (κ1) is 15.6. The minimum Gasteiger partial charge on any atom is -0.486 e. The van der Waals surface area contributed by atoms with Gasteiger partial charge in [-0.25, -0.2) is 0 Å². The highest BCUT2D eigenvalue weighted by Crippen LogP contribution is 2.30. The molecule has 1 aromatic carbocycles. The largest absolute Gasteiger partial charge is 0.486 e. The number of hydrogen-bond donors (Lipinski definition) is 2. The van der Waals surface area contributed by atoms with Crippen LogP contribution < -0.4 is 14.4 Å². The van der Waals surface area contributed by atoms with Crippen molar-refractivity contribution in [3.05, 3.63) is 24.3 Å². The molecule has 5 nitrogen and oxygen atoms in total. The molecular weight excluding hydrogens is 282 g/mol. The number of nitrogens with one attached hydrogen (secondary N) is 1. The summed E-state index contributed by atoms with van der Waals surface area (Å²) in [5, 5.41) is 10.1. The number of hydrogen-bond acceptors (Lipinski definition) is 4. The molecule has 2 atom stereocenters. The molecule has 2 aliphatic rings. The van der Waals surface area contributed by atoms with Crippen molar-refractivity contribution >= 4 is 0 Å². The number of aliphatic hydroxyl groups is 1. The van der Waals surface area contributed by atoms with Crippen LogP contribution in [0, 0.1) is 0 Å². The number of piperidine rings is 1. The Balaban J connectivity index is 1.35. The van der Waals surface area contributed by atoms with Crippen molar-refractivity contribution in [3.8, 4) is 11.5 Å². The molecule has 0 aliphatic carbocycles. The SMILES string of the molecule is OC(COCC1COc2ccccc2O1)C[NH+]1CCCCC1. The number of likely N-dealkylation sites (tertiary alicyclic amines) is 1. The lowest BCUT2D eigenvalue weighted by molar-refractivity contribution is -0.908. The van der Waals surface area contributed by atoms with Crippen LogP contribution in [0.5, 0.6) is 11.5 Å². The Morgan fingerprint density at radius 1 is 1.18 bits per heavy atom. The minimum absolute atomic E-state index is 0.107. The predicted molar refractivity (Wildman–Crippen MR) is 82.6 cm³/mol. The molecule has 5 heteroatoms. The molecule has 2 N–H and O–H groups in total. The fourth-order valence-electron chi connectivity index (χ4n) is 3.13. The Bertz CT molecular complexity index is 462. The molecule has 0 aromatic heterocycles. The van der Waals surface area contributed by atoms with Gasteiger partial charge in [0.2, 0.25) is 0 Å². The average Bonchev–Trinajstić information content (AvgIpc) is 2.55. The maximum Gasteiger partial charge on any atom is 0.161 e. The second-order valence-corrected chi connectivity index (χ2v) is 6.20. The summed E-state index contributed by atoms with van der Waals surface area (Å²) in [7, 11) is 0. The van der Waals surface area contributed by atoms with E-state index < -0.39 is 6.10 Å². The zero-order chi connectivity index (χ0) is 15.2. The number of aliphatic hydroxyl groups excluding tert-OH is 1. The quantitative estimate of drug-likeness (QED) is 0.792. The van der Waals surface area contributed by atoms with Crippen molar-refractivity contribution in [3.63, 3.8) is 0 Å². The van der Waals surface area contributed by atoms with Gasteiger partial charge in [0.25, 0.3) is 0 Å². The number of ether oxygens (including phenoxy) is 3. The minimum atomic E-state index is -0.398. The van der Waals surface area contributed by atoms with Crippen LogP contribution in [0.2, 0.25) is 0 Å². The normalized spacial score (nSPS) is 23.2. The molecule has 1 fully saturated rings. The van der Waals surface area contributed by atoms with Gasteiger partial charge in [-0.05, 0) is 31.4 Å². The van der Waals surface area contributed by atoms with E-state index in [0.29, 0.717) is 19.8 Å². The number of para-hydroxylation sites is 2. The second-order valence-electron chi connectivity index (χ2n) is 6.20. The van der Waals surface area contributed by atoms with Crippen molar-refractivity contribution in [2.24, 2.45) is 0 Å². The molecule has 1 saturated heterocycles. The maximum atomic E-state index is 10.1. The molecule has 0 bridgehead atoms.